The van der Waals surface area contributed by atoms with Crippen LogP contribution in [-0.4, -0.2) is 33.0 Å². The normalized spacial score (nSPS) is 12.1. The molecule has 0 radical (unpaired) electrons. The van der Waals surface area contributed by atoms with Crippen molar-refractivity contribution in [3.8, 4) is 0 Å². The van der Waals surface area contributed by atoms with Gasteiger partial charge in [0, 0.05) is 6.42 Å². The lowest BCUT2D eigenvalue weighted by Crippen LogP contribution is -2.36. The smallest absolute Gasteiger partial charge is 0.303 e. The Morgan fingerprint density at radius 1 is 1.29 bits per heavy atom. The summed E-state index contributed by atoms with van der Waals surface area (Å²) in [5.41, 5.74) is 6.80. The molecule has 1 aromatic heterocycles. The van der Waals surface area contributed by atoms with Crippen molar-refractivity contribution in [1.29, 1.82) is 0 Å². The van der Waals surface area contributed by atoms with Crippen molar-refractivity contribution >= 4 is 40.3 Å². The van der Waals surface area contributed by atoms with Crippen LogP contribution in [0.25, 0.3) is 11.0 Å². The number of rotatable bonds is 5. The van der Waals surface area contributed by atoms with Crippen molar-refractivity contribution in [2.75, 3.05) is 5.32 Å². The molecule has 21 heavy (non-hydrogen) atoms. The second-order valence-electron chi connectivity index (χ2n) is 4.38. The van der Waals surface area contributed by atoms with Crippen molar-refractivity contribution < 1.29 is 14.7 Å². The number of aliphatic carboxylic acids is 1. The molecule has 1 heterocycles. The van der Waals surface area contributed by atoms with Crippen LogP contribution >= 0.6 is 11.6 Å². The standard InChI is InChI=1S/C13H13ClN4O3/c14-11-12(17-9-4-2-1-3-8(9)16-11)18-13(21)7(15)5-6-10(19)20/h1-4,7H,5-6,15H2,(H,19,20)(H,17,18,21). The molecule has 0 aliphatic carbocycles. The zero-order chi connectivity index (χ0) is 15.4. The number of benzene rings is 1. The molecular weight excluding hydrogens is 296 g/mol. The highest BCUT2D eigenvalue weighted by Crippen LogP contribution is 2.21. The molecule has 0 saturated carbocycles. The van der Waals surface area contributed by atoms with Crippen LogP contribution in [0.5, 0.6) is 0 Å². The van der Waals surface area contributed by atoms with E-state index in [1.165, 1.54) is 0 Å². The molecule has 2 aromatic rings. The number of hydrogen-bond acceptors (Lipinski definition) is 5. The molecule has 110 valence electrons. The van der Waals surface area contributed by atoms with Gasteiger partial charge in [0.15, 0.2) is 11.0 Å². The number of amides is 1. The van der Waals surface area contributed by atoms with Crippen LogP contribution in [0, 0.1) is 0 Å². The number of carboxylic acid groups (broad SMARTS) is 1. The third-order valence-electron chi connectivity index (χ3n) is 2.78. The van der Waals surface area contributed by atoms with Gasteiger partial charge in [0.1, 0.15) is 0 Å². The maximum absolute atomic E-state index is 11.9. The number of nitrogens with zero attached hydrogens (tertiary/aromatic N) is 2. The van der Waals surface area contributed by atoms with Gasteiger partial charge < -0.3 is 16.2 Å². The summed E-state index contributed by atoms with van der Waals surface area (Å²) in [7, 11) is 0. The molecule has 0 aliphatic rings. The van der Waals surface area contributed by atoms with Gasteiger partial charge in [-0.15, -0.1) is 0 Å². The number of carboxylic acids is 1. The van der Waals surface area contributed by atoms with E-state index in [1.54, 1.807) is 24.3 Å². The van der Waals surface area contributed by atoms with Gasteiger partial charge >= 0.3 is 5.97 Å². The van der Waals surface area contributed by atoms with Gasteiger partial charge in [-0.25, -0.2) is 9.97 Å². The maximum Gasteiger partial charge on any atom is 0.303 e. The molecule has 4 N–H and O–H groups in total. The molecule has 0 fully saturated rings. The number of aromatic nitrogens is 2. The number of carbonyl (C=O) groups is 2. The fourth-order valence-corrected chi connectivity index (χ4v) is 1.86. The average Bonchev–Trinajstić information content (AvgIpc) is 2.45. The summed E-state index contributed by atoms with van der Waals surface area (Å²) in [6.07, 6.45) is -0.161. The number of nitrogens with two attached hydrogens (primary N) is 1. The molecule has 7 nitrogen and oxygen atoms in total. The van der Waals surface area contributed by atoms with Crippen molar-refractivity contribution in [1.82, 2.24) is 9.97 Å². The Labute approximate surface area is 125 Å². The molecule has 2 rings (SSSR count). The van der Waals surface area contributed by atoms with Crippen molar-refractivity contribution in [2.45, 2.75) is 18.9 Å². The summed E-state index contributed by atoms with van der Waals surface area (Å²) < 4.78 is 0. The number of fused-ring (bicyclic) bond motifs is 1. The van der Waals surface area contributed by atoms with Crippen LogP contribution < -0.4 is 11.1 Å². The first-order valence-electron chi connectivity index (χ1n) is 6.18. The van der Waals surface area contributed by atoms with E-state index in [2.05, 4.69) is 15.3 Å². The topological polar surface area (TPSA) is 118 Å². The number of halogens is 1. The first-order chi connectivity index (χ1) is 9.97. The molecular formula is C13H13ClN4O3. The van der Waals surface area contributed by atoms with Gasteiger partial charge in [0.2, 0.25) is 5.91 Å². The van der Waals surface area contributed by atoms with Gasteiger partial charge in [-0.1, -0.05) is 23.7 Å². The average molecular weight is 309 g/mol. The zero-order valence-corrected chi connectivity index (χ0v) is 11.7. The highest BCUT2D eigenvalue weighted by Gasteiger charge is 2.17. The molecule has 1 atom stereocenters. The fraction of sp³-hybridized carbons (Fsp3) is 0.231. The Balaban J connectivity index is 2.13. The van der Waals surface area contributed by atoms with Crippen LogP contribution in [-0.2, 0) is 9.59 Å². The van der Waals surface area contributed by atoms with Gasteiger partial charge in [-0.05, 0) is 18.6 Å². The summed E-state index contributed by atoms with van der Waals surface area (Å²) in [5.74, 6) is -1.46. The second kappa shape index (κ2) is 6.47. The third-order valence-corrected chi connectivity index (χ3v) is 3.04. The van der Waals surface area contributed by atoms with Crippen molar-refractivity contribution in [3.05, 3.63) is 29.4 Å². The summed E-state index contributed by atoms with van der Waals surface area (Å²) in [5, 5.41) is 11.1. The van der Waals surface area contributed by atoms with E-state index in [4.69, 9.17) is 22.4 Å². The molecule has 0 saturated heterocycles. The van der Waals surface area contributed by atoms with E-state index < -0.39 is 17.9 Å². The highest BCUT2D eigenvalue weighted by molar-refractivity contribution is 6.32. The lowest BCUT2D eigenvalue weighted by Gasteiger charge is -2.11. The second-order valence-corrected chi connectivity index (χ2v) is 4.74. The molecule has 0 bridgehead atoms. The summed E-state index contributed by atoms with van der Waals surface area (Å²) in [4.78, 5) is 30.6. The summed E-state index contributed by atoms with van der Waals surface area (Å²) in [6, 6.07) is 6.12. The minimum Gasteiger partial charge on any atom is -0.481 e. The lowest BCUT2D eigenvalue weighted by atomic mass is 10.1. The minimum atomic E-state index is -1.01. The number of hydrogen-bond donors (Lipinski definition) is 3. The molecule has 1 amide bonds. The number of nitrogens with one attached hydrogen (secondary N) is 1. The Kier molecular flexibility index (Phi) is 4.66. The monoisotopic (exact) mass is 308 g/mol. The van der Waals surface area contributed by atoms with E-state index in [0.29, 0.717) is 11.0 Å². The Bertz CT molecular complexity index is 692. The number of para-hydroxylation sites is 2. The minimum absolute atomic E-state index is 0.0276. The summed E-state index contributed by atoms with van der Waals surface area (Å²) >= 11 is 5.96. The van der Waals surface area contributed by atoms with E-state index in [9.17, 15) is 9.59 Å². The highest BCUT2D eigenvalue weighted by atomic mass is 35.5. The van der Waals surface area contributed by atoms with Crippen molar-refractivity contribution in [2.24, 2.45) is 5.73 Å². The number of carbonyl (C=O) groups excluding carboxylic acids is 1. The van der Waals surface area contributed by atoms with Crippen LogP contribution in [0.4, 0.5) is 5.82 Å². The predicted molar refractivity (Wildman–Crippen MR) is 78.0 cm³/mol. The SMILES string of the molecule is NC(CCC(=O)O)C(=O)Nc1nc2ccccc2nc1Cl. The van der Waals surface area contributed by atoms with E-state index in [0.717, 1.165) is 0 Å². The maximum atomic E-state index is 11.9. The predicted octanol–water partition coefficient (Wildman–Crippen LogP) is 1.41. The molecule has 8 heteroatoms. The third kappa shape index (κ3) is 3.87. The summed E-state index contributed by atoms with van der Waals surface area (Å²) in [6.45, 7) is 0. The van der Waals surface area contributed by atoms with Crippen molar-refractivity contribution in [3.63, 3.8) is 0 Å². The van der Waals surface area contributed by atoms with Gasteiger partial charge in [0.05, 0.1) is 17.1 Å². The van der Waals surface area contributed by atoms with Crippen LogP contribution in [0.2, 0.25) is 5.15 Å². The Morgan fingerprint density at radius 2 is 1.90 bits per heavy atom. The van der Waals surface area contributed by atoms with E-state index in [-0.39, 0.29) is 23.8 Å². The van der Waals surface area contributed by atoms with Gasteiger partial charge in [0.25, 0.3) is 0 Å². The van der Waals surface area contributed by atoms with Crippen LogP contribution in [0.1, 0.15) is 12.8 Å². The number of anilines is 1. The van der Waals surface area contributed by atoms with Crippen LogP contribution in [0.3, 0.4) is 0 Å². The molecule has 1 aromatic carbocycles. The fourth-order valence-electron chi connectivity index (χ4n) is 1.68. The van der Waals surface area contributed by atoms with Gasteiger partial charge in [-0.2, -0.15) is 0 Å². The van der Waals surface area contributed by atoms with Crippen LogP contribution in [0.15, 0.2) is 24.3 Å². The molecule has 1 unspecified atom stereocenters. The van der Waals surface area contributed by atoms with E-state index in [1.807, 2.05) is 0 Å². The molecule has 0 aliphatic heterocycles. The molecule has 0 spiro atoms. The van der Waals surface area contributed by atoms with E-state index >= 15 is 0 Å². The first-order valence-corrected chi connectivity index (χ1v) is 6.55. The Morgan fingerprint density at radius 3 is 2.52 bits per heavy atom. The largest absolute Gasteiger partial charge is 0.481 e. The lowest BCUT2D eigenvalue weighted by molar-refractivity contribution is -0.137. The zero-order valence-electron chi connectivity index (χ0n) is 10.9. The van der Waals surface area contributed by atoms with Gasteiger partial charge in [-0.3, -0.25) is 9.59 Å². The quantitative estimate of drug-likeness (QED) is 0.768. The first kappa shape index (κ1) is 15.1. The Hall–Kier alpha value is -2.25.